The van der Waals surface area contributed by atoms with Crippen LogP contribution in [0.15, 0.2) is 61.1 Å². The predicted octanol–water partition coefficient (Wildman–Crippen LogP) is 3.11. The summed E-state index contributed by atoms with van der Waals surface area (Å²) in [6.45, 7) is 2.09. The molecular formula is C17H15N3O2. The lowest BCUT2D eigenvalue weighted by Gasteiger charge is -2.07. The Labute approximate surface area is 128 Å². The molecule has 0 atom stereocenters. The zero-order valence-corrected chi connectivity index (χ0v) is 12.1. The number of rotatable bonds is 4. The molecule has 5 nitrogen and oxygen atoms in total. The molecule has 0 fully saturated rings. The Bertz CT molecular complexity index is 781. The minimum atomic E-state index is -0.401. The van der Waals surface area contributed by atoms with Crippen molar-refractivity contribution in [3.63, 3.8) is 0 Å². The van der Waals surface area contributed by atoms with Crippen molar-refractivity contribution in [1.82, 2.24) is 14.8 Å². The Hall–Kier alpha value is -2.95. The minimum absolute atomic E-state index is 0.321. The molecule has 5 heteroatoms. The number of aromatic nitrogens is 3. The largest absolute Gasteiger partial charge is 0.462 e. The SMILES string of the molecule is CCOC(=O)c1cccnc1-n1cc(-c2ccccc2)cn1. The summed E-state index contributed by atoms with van der Waals surface area (Å²) in [4.78, 5) is 16.3. The van der Waals surface area contributed by atoms with Crippen molar-refractivity contribution in [2.24, 2.45) is 0 Å². The summed E-state index contributed by atoms with van der Waals surface area (Å²) in [5, 5.41) is 4.31. The van der Waals surface area contributed by atoms with Crippen molar-refractivity contribution in [1.29, 1.82) is 0 Å². The lowest BCUT2D eigenvalue weighted by Crippen LogP contribution is -2.11. The number of hydrogen-bond donors (Lipinski definition) is 0. The molecule has 1 aromatic carbocycles. The summed E-state index contributed by atoms with van der Waals surface area (Å²) >= 11 is 0. The molecule has 0 unspecified atom stereocenters. The van der Waals surface area contributed by atoms with Gasteiger partial charge >= 0.3 is 5.97 Å². The average molecular weight is 293 g/mol. The third kappa shape index (κ3) is 2.74. The smallest absolute Gasteiger partial charge is 0.341 e. The Kier molecular flexibility index (Phi) is 3.96. The molecule has 0 saturated carbocycles. The molecule has 3 aromatic rings. The summed E-state index contributed by atoms with van der Waals surface area (Å²) in [5.41, 5.74) is 2.41. The number of pyridine rings is 1. The molecule has 0 aliphatic heterocycles. The third-order valence-electron chi connectivity index (χ3n) is 3.19. The van der Waals surface area contributed by atoms with E-state index in [1.54, 1.807) is 36.1 Å². The van der Waals surface area contributed by atoms with Crippen LogP contribution in [-0.4, -0.2) is 27.3 Å². The van der Waals surface area contributed by atoms with Crippen molar-refractivity contribution in [2.45, 2.75) is 6.92 Å². The van der Waals surface area contributed by atoms with E-state index < -0.39 is 5.97 Å². The number of ether oxygens (including phenoxy) is 1. The van der Waals surface area contributed by atoms with Crippen LogP contribution in [-0.2, 0) is 4.74 Å². The number of carbonyl (C=O) groups is 1. The molecule has 2 heterocycles. The lowest BCUT2D eigenvalue weighted by molar-refractivity contribution is 0.0525. The van der Waals surface area contributed by atoms with Crippen LogP contribution in [0.5, 0.6) is 0 Å². The van der Waals surface area contributed by atoms with Gasteiger partial charge < -0.3 is 4.74 Å². The highest BCUT2D eigenvalue weighted by Gasteiger charge is 2.15. The molecule has 3 rings (SSSR count). The number of carbonyl (C=O) groups excluding carboxylic acids is 1. The van der Waals surface area contributed by atoms with Gasteiger partial charge in [-0.25, -0.2) is 14.5 Å². The van der Waals surface area contributed by atoms with E-state index in [1.165, 1.54) is 0 Å². The van der Waals surface area contributed by atoms with Crippen molar-refractivity contribution < 1.29 is 9.53 Å². The molecule has 0 spiro atoms. The molecule has 0 saturated heterocycles. The second kappa shape index (κ2) is 6.22. The first-order valence-corrected chi connectivity index (χ1v) is 7.02. The van der Waals surface area contributed by atoms with Gasteiger partial charge in [0.2, 0.25) is 0 Å². The van der Waals surface area contributed by atoms with Gasteiger partial charge in [0, 0.05) is 18.0 Å². The van der Waals surface area contributed by atoms with Crippen LogP contribution in [0.2, 0.25) is 0 Å². The van der Waals surface area contributed by atoms with Gasteiger partial charge in [-0.3, -0.25) is 0 Å². The van der Waals surface area contributed by atoms with Gasteiger partial charge in [0.15, 0.2) is 5.82 Å². The minimum Gasteiger partial charge on any atom is -0.462 e. The third-order valence-corrected chi connectivity index (χ3v) is 3.19. The summed E-state index contributed by atoms with van der Waals surface area (Å²) in [7, 11) is 0. The van der Waals surface area contributed by atoms with E-state index in [-0.39, 0.29) is 0 Å². The van der Waals surface area contributed by atoms with Crippen LogP contribution in [0.4, 0.5) is 0 Å². The van der Waals surface area contributed by atoms with Gasteiger partial charge in [-0.1, -0.05) is 30.3 Å². The molecule has 0 radical (unpaired) electrons. The monoisotopic (exact) mass is 293 g/mol. The predicted molar refractivity (Wildman–Crippen MR) is 82.8 cm³/mol. The van der Waals surface area contributed by atoms with E-state index in [4.69, 9.17) is 4.74 Å². The molecule has 110 valence electrons. The van der Waals surface area contributed by atoms with E-state index in [0.29, 0.717) is 18.0 Å². The van der Waals surface area contributed by atoms with Crippen LogP contribution in [0.1, 0.15) is 17.3 Å². The van der Waals surface area contributed by atoms with Gasteiger partial charge in [-0.05, 0) is 24.6 Å². The maximum absolute atomic E-state index is 12.0. The van der Waals surface area contributed by atoms with E-state index in [9.17, 15) is 4.79 Å². The molecule has 22 heavy (non-hydrogen) atoms. The molecule has 0 aliphatic carbocycles. The van der Waals surface area contributed by atoms with Crippen LogP contribution in [0, 0.1) is 0 Å². The fourth-order valence-corrected chi connectivity index (χ4v) is 2.17. The highest BCUT2D eigenvalue weighted by atomic mass is 16.5. The van der Waals surface area contributed by atoms with Crippen molar-refractivity contribution in [2.75, 3.05) is 6.61 Å². The highest BCUT2D eigenvalue weighted by molar-refractivity contribution is 5.92. The van der Waals surface area contributed by atoms with Crippen molar-refractivity contribution in [3.05, 3.63) is 66.6 Å². The van der Waals surface area contributed by atoms with Crippen LogP contribution < -0.4 is 0 Å². The van der Waals surface area contributed by atoms with E-state index >= 15 is 0 Å². The first-order valence-electron chi connectivity index (χ1n) is 7.02. The van der Waals surface area contributed by atoms with E-state index in [0.717, 1.165) is 11.1 Å². The zero-order chi connectivity index (χ0) is 15.4. The van der Waals surface area contributed by atoms with E-state index in [2.05, 4.69) is 10.1 Å². The molecule has 2 aromatic heterocycles. The van der Waals surface area contributed by atoms with Crippen molar-refractivity contribution >= 4 is 5.97 Å². The topological polar surface area (TPSA) is 57.0 Å². The number of hydrogen-bond acceptors (Lipinski definition) is 4. The van der Waals surface area contributed by atoms with Gasteiger partial charge in [0.25, 0.3) is 0 Å². The fourth-order valence-electron chi connectivity index (χ4n) is 2.17. The normalized spacial score (nSPS) is 10.4. The first-order chi connectivity index (χ1) is 10.8. The van der Waals surface area contributed by atoms with Crippen LogP contribution in [0.3, 0.4) is 0 Å². The quantitative estimate of drug-likeness (QED) is 0.694. The summed E-state index contributed by atoms with van der Waals surface area (Å²) < 4.78 is 6.65. The Morgan fingerprint density at radius 3 is 2.73 bits per heavy atom. The fraction of sp³-hybridized carbons (Fsp3) is 0.118. The Morgan fingerprint density at radius 2 is 1.95 bits per heavy atom. The number of benzene rings is 1. The average Bonchev–Trinajstić information content (AvgIpc) is 3.06. The maximum atomic E-state index is 12.0. The molecule has 0 bridgehead atoms. The summed E-state index contributed by atoms with van der Waals surface area (Å²) in [5.74, 6) is 0.0606. The summed E-state index contributed by atoms with van der Waals surface area (Å²) in [6.07, 6.45) is 5.22. The molecular weight excluding hydrogens is 278 g/mol. The number of esters is 1. The first kappa shape index (κ1) is 14.0. The maximum Gasteiger partial charge on any atom is 0.341 e. The molecule has 0 aliphatic rings. The van der Waals surface area contributed by atoms with Gasteiger partial charge in [-0.15, -0.1) is 0 Å². The zero-order valence-electron chi connectivity index (χ0n) is 12.1. The highest BCUT2D eigenvalue weighted by Crippen LogP contribution is 2.20. The van der Waals surface area contributed by atoms with Crippen molar-refractivity contribution in [3.8, 4) is 16.9 Å². The Morgan fingerprint density at radius 1 is 1.14 bits per heavy atom. The van der Waals surface area contributed by atoms with Gasteiger partial charge in [-0.2, -0.15) is 5.10 Å². The van der Waals surface area contributed by atoms with Gasteiger partial charge in [0.1, 0.15) is 5.56 Å². The standard InChI is InChI=1S/C17H15N3O2/c1-2-22-17(21)15-9-6-10-18-16(15)20-12-14(11-19-20)13-7-4-3-5-8-13/h3-12H,2H2,1H3. The second-order valence-electron chi connectivity index (χ2n) is 4.63. The molecule has 0 N–H and O–H groups in total. The summed E-state index contributed by atoms with van der Waals surface area (Å²) in [6, 6.07) is 13.3. The van der Waals surface area contributed by atoms with Crippen LogP contribution in [0.25, 0.3) is 16.9 Å². The molecule has 0 amide bonds. The van der Waals surface area contributed by atoms with Gasteiger partial charge in [0.05, 0.1) is 12.8 Å². The van der Waals surface area contributed by atoms with E-state index in [1.807, 2.05) is 36.5 Å². The second-order valence-corrected chi connectivity index (χ2v) is 4.63. The Balaban J connectivity index is 1.99. The van der Waals surface area contributed by atoms with Crippen LogP contribution >= 0.6 is 0 Å². The number of nitrogens with zero attached hydrogens (tertiary/aromatic N) is 3. The lowest BCUT2D eigenvalue weighted by atomic mass is 10.1.